The van der Waals surface area contributed by atoms with Gasteiger partial charge in [0.05, 0.1) is 22.9 Å². The number of nitrogens with one attached hydrogen (secondary N) is 1. The summed E-state index contributed by atoms with van der Waals surface area (Å²) in [7, 11) is 0. The van der Waals surface area contributed by atoms with E-state index in [1.165, 1.54) is 19.0 Å². The maximum Gasteiger partial charge on any atom is 0.319 e. The number of amides is 1. The summed E-state index contributed by atoms with van der Waals surface area (Å²) < 4.78 is 21.1. The van der Waals surface area contributed by atoms with Gasteiger partial charge in [-0.05, 0) is 51.6 Å². The molecule has 1 N–H and O–H groups in total. The molecule has 1 atom stereocenters. The number of hydrogen-bond acceptors (Lipinski definition) is 7. The fraction of sp³-hybridized carbons (Fsp3) is 0.636. The van der Waals surface area contributed by atoms with Crippen LogP contribution in [0.3, 0.4) is 0 Å². The molecule has 4 fully saturated rings. The number of halogens is 2. The van der Waals surface area contributed by atoms with Crippen LogP contribution < -0.4 is 15.0 Å². The van der Waals surface area contributed by atoms with Gasteiger partial charge in [0.15, 0.2) is 11.0 Å². The first-order valence-corrected chi connectivity index (χ1v) is 11.8. The van der Waals surface area contributed by atoms with E-state index in [1.807, 2.05) is 0 Å². The second-order valence-electron chi connectivity index (χ2n) is 9.69. The lowest BCUT2D eigenvalue weighted by atomic mass is 9.80. The average molecular weight is 461 g/mol. The first kappa shape index (κ1) is 20.4. The molecule has 1 unspecified atom stereocenters. The van der Waals surface area contributed by atoms with Crippen LogP contribution in [0, 0.1) is 5.82 Å². The number of pyridine rings is 1. The van der Waals surface area contributed by atoms with Crippen molar-refractivity contribution in [2.45, 2.75) is 56.0 Å². The molecule has 2 aromatic rings. The van der Waals surface area contributed by atoms with Crippen molar-refractivity contribution in [1.29, 1.82) is 0 Å². The highest BCUT2D eigenvalue weighted by molar-refractivity contribution is 6.30. The molecule has 4 saturated heterocycles. The van der Waals surface area contributed by atoms with Crippen LogP contribution in [0.4, 0.5) is 10.2 Å². The quantitative estimate of drug-likeness (QED) is 0.554. The average Bonchev–Trinajstić information content (AvgIpc) is 3.34. The van der Waals surface area contributed by atoms with Crippen LogP contribution in [0.25, 0.3) is 10.9 Å². The minimum atomic E-state index is -0.664. The molecule has 0 bridgehead atoms. The molecular formula is C22H26ClFN6O2. The number of rotatable bonds is 4. The number of anilines is 1. The minimum Gasteiger partial charge on any atom is -0.461 e. The van der Waals surface area contributed by atoms with Crippen molar-refractivity contribution in [3.8, 4) is 6.01 Å². The Hall–Kier alpha value is -2.26. The molecule has 0 aromatic carbocycles. The van der Waals surface area contributed by atoms with Gasteiger partial charge in [-0.25, -0.2) is 9.37 Å². The Kier molecular flexibility index (Phi) is 4.69. The number of carbonyl (C=O) groups excluding carboxylic acids is 1. The summed E-state index contributed by atoms with van der Waals surface area (Å²) in [5.74, 6) is -0.0109. The van der Waals surface area contributed by atoms with Crippen LogP contribution in [0.1, 0.15) is 44.9 Å². The highest BCUT2D eigenvalue weighted by Gasteiger charge is 2.47. The van der Waals surface area contributed by atoms with Crippen LogP contribution in [0.5, 0.6) is 6.01 Å². The molecule has 10 heteroatoms. The molecule has 4 aliphatic rings. The zero-order valence-corrected chi connectivity index (χ0v) is 18.6. The van der Waals surface area contributed by atoms with Crippen molar-refractivity contribution in [2.75, 3.05) is 37.7 Å². The Morgan fingerprint density at radius 1 is 1.16 bits per heavy atom. The van der Waals surface area contributed by atoms with Gasteiger partial charge >= 0.3 is 6.01 Å². The van der Waals surface area contributed by atoms with Crippen molar-refractivity contribution in [3.05, 3.63) is 17.2 Å². The smallest absolute Gasteiger partial charge is 0.319 e. The highest BCUT2D eigenvalue weighted by atomic mass is 35.5. The van der Waals surface area contributed by atoms with E-state index in [9.17, 15) is 9.18 Å². The van der Waals surface area contributed by atoms with Crippen molar-refractivity contribution in [3.63, 3.8) is 0 Å². The number of aromatic nitrogens is 3. The van der Waals surface area contributed by atoms with Gasteiger partial charge in [0, 0.05) is 19.3 Å². The van der Waals surface area contributed by atoms with Gasteiger partial charge in [-0.15, -0.1) is 0 Å². The van der Waals surface area contributed by atoms with Crippen molar-refractivity contribution >= 4 is 34.2 Å². The third-order valence-corrected chi connectivity index (χ3v) is 7.93. The van der Waals surface area contributed by atoms with Crippen molar-refractivity contribution in [2.24, 2.45) is 0 Å². The van der Waals surface area contributed by atoms with Crippen LogP contribution in [-0.2, 0) is 4.79 Å². The standard InChI is InChI=1S/C22H26ClFN6O2/c23-18-16(24)17-14(11-25-18)19(29-7-1-4-21(12-29)10-15(31)28-21)27-20(26-17)32-13-22-5-2-8-30(22)9-3-6-22/h11H,1-10,12-13H2,(H,28,31). The van der Waals surface area contributed by atoms with Crippen LogP contribution in [0.2, 0.25) is 5.15 Å². The van der Waals surface area contributed by atoms with Crippen molar-refractivity contribution < 1.29 is 13.9 Å². The van der Waals surface area contributed by atoms with E-state index >= 15 is 0 Å². The molecule has 0 aliphatic carbocycles. The lowest BCUT2D eigenvalue weighted by Gasteiger charge is -2.49. The maximum absolute atomic E-state index is 14.9. The Morgan fingerprint density at radius 2 is 1.91 bits per heavy atom. The number of β-lactam (4-membered cyclic amide) rings is 1. The van der Waals surface area contributed by atoms with Gasteiger partial charge in [0.1, 0.15) is 17.9 Å². The van der Waals surface area contributed by atoms with Gasteiger partial charge in [-0.1, -0.05) is 11.6 Å². The number of fused-ring (bicyclic) bond motifs is 2. The fourth-order valence-corrected chi connectivity index (χ4v) is 6.25. The van der Waals surface area contributed by atoms with Gasteiger partial charge in [0.2, 0.25) is 5.91 Å². The monoisotopic (exact) mass is 460 g/mol. The topological polar surface area (TPSA) is 83.5 Å². The molecule has 8 nitrogen and oxygen atoms in total. The summed E-state index contributed by atoms with van der Waals surface area (Å²) in [5, 5.41) is 3.34. The van der Waals surface area contributed by atoms with E-state index in [2.05, 4.69) is 25.1 Å². The van der Waals surface area contributed by atoms with Gasteiger partial charge in [-0.2, -0.15) is 9.97 Å². The van der Waals surface area contributed by atoms with Gasteiger partial charge < -0.3 is 15.0 Å². The van der Waals surface area contributed by atoms with Gasteiger partial charge in [-0.3, -0.25) is 9.69 Å². The normalized spacial score (nSPS) is 26.9. The Bertz CT molecular complexity index is 1080. The number of hydrogen-bond donors (Lipinski definition) is 1. The Balaban J connectivity index is 1.35. The first-order chi connectivity index (χ1) is 15.5. The lowest BCUT2D eigenvalue weighted by molar-refractivity contribution is -0.133. The lowest BCUT2D eigenvalue weighted by Crippen LogP contribution is -2.68. The summed E-state index contributed by atoms with van der Waals surface area (Å²) in [6.45, 7) is 4.07. The molecule has 4 aliphatic heterocycles. The molecule has 1 amide bonds. The van der Waals surface area contributed by atoms with Crippen LogP contribution >= 0.6 is 11.6 Å². The molecular weight excluding hydrogens is 435 g/mol. The Labute approximate surface area is 190 Å². The minimum absolute atomic E-state index is 0.0400. The molecule has 6 rings (SSSR count). The molecule has 1 spiro atoms. The Morgan fingerprint density at radius 3 is 2.66 bits per heavy atom. The number of ether oxygens (including phenoxy) is 1. The molecule has 170 valence electrons. The summed E-state index contributed by atoms with van der Waals surface area (Å²) >= 11 is 5.97. The molecule has 0 radical (unpaired) electrons. The van der Waals surface area contributed by atoms with E-state index in [4.69, 9.17) is 21.3 Å². The maximum atomic E-state index is 14.9. The highest BCUT2D eigenvalue weighted by Crippen LogP contribution is 2.40. The number of piperidine rings is 1. The molecule has 2 aromatic heterocycles. The predicted octanol–water partition coefficient (Wildman–Crippen LogP) is 2.68. The van der Waals surface area contributed by atoms with E-state index in [-0.39, 0.29) is 33.7 Å². The second kappa shape index (κ2) is 7.38. The third kappa shape index (κ3) is 3.20. The van der Waals surface area contributed by atoms with E-state index < -0.39 is 5.82 Å². The number of nitrogens with zero attached hydrogens (tertiary/aromatic N) is 5. The largest absolute Gasteiger partial charge is 0.461 e. The van der Waals surface area contributed by atoms with Crippen molar-refractivity contribution in [1.82, 2.24) is 25.2 Å². The van der Waals surface area contributed by atoms with E-state index in [0.29, 0.717) is 30.8 Å². The number of carbonyl (C=O) groups is 1. The SMILES string of the molecule is O=C1CC2(CCCN(c3nc(OCC45CCCN4CCC5)nc4c(F)c(Cl)ncc34)C2)N1. The van der Waals surface area contributed by atoms with Crippen LogP contribution in [-0.4, -0.2) is 69.6 Å². The van der Waals surface area contributed by atoms with E-state index in [1.54, 1.807) is 0 Å². The zero-order valence-electron chi connectivity index (χ0n) is 17.9. The second-order valence-corrected chi connectivity index (χ2v) is 10.1. The predicted molar refractivity (Wildman–Crippen MR) is 118 cm³/mol. The summed E-state index contributed by atoms with van der Waals surface area (Å²) in [6, 6.07) is 0.166. The molecule has 0 saturated carbocycles. The first-order valence-electron chi connectivity index (χ1n) is 11.4. The van der Waals surface area contributed by atoms with Crippen LogP contribution in [0.15, 0.2) is 6.20 Å². The summed E-state index contributed by atoms with van der Waals surface area (Å²) in [4.78, 5) is 29.3. The van der Waals surface area contributed by atoms with E-state index in [0.717, 1.165) is 45.3 Å². The zero-order chi connectivity index (χ0) is 21.9. The molecule has 32 heavy (non-hydrogen) atoms. The summed E-state index contributed by atoms with van der Waals surface area (Å²) in [5.41, 5.74) is -0.0771. The van der Waals surface area contributed by atoms with Gasteiger partial charge in [0.25, 0.3) is 0 Å². The third-order valence-electron chi connectivity index (χ3n) is 7.66. The summed E-state index contributed by atoms with van der Waals surface area (Å²) in [6.07, 6.45) is 8.41. The molecule has 6 heterocycles. The fourth-order valence-electron chi connectivity index (χ4n) is 6.11.